The van der Waals surface area contributed by atoms with E-state index in [2.05, 4.69) is 125 Å². The molecule has 1 aromatic heterocycles. The second-order valence-electron chi connectivity index (χ2n) is 18.8. The number of carbonyl (C=O) groups is 1. The summed E-state index contributed by atoms with van der Waals surface area (Å²) in [5, 5.41) is 12.1. The van der Waals surface area contributed by atoms with E-state index in [0.29, 0.717) is 27.2 Å². The smallest absolute Gasteiger partial charge is 0.340 e. The van der Waals surface area contributed by atoms with Crippen molar-refractivity contribution in [2.75, 3.05) is 20.8 Å². The van der Waals surface area contributed by atoms with E-state index >= 15 is 0 Å². The third kappa shape index (κ3) is 14.7. The van der Waals surface area contributed by atoms with E-state index < -0.39 is 55.6 Å². The van der Waals surface area contributed by atoms with Gasteiger partial charge in [-0.2, -0.15) is 4.57 Å². The normalized spacial score (nSPS) is 14.6. The molecule has 394 valence electrons. The standard InChI is InChI=1S/C67H52N2O10Si/c1-11-12-13-14-15-16-17-18-19-20-21-22-23-24-25-26-27-28-29-33-46-76-58-48-52(47-50(2)51(58)3)63(72)69-60(70)44-45-68(65(69)73)64-62(79-80(9,10)66(4,5)6)61(71)59(78-64)49-77-67(53-34-31-30-32-35-53,54-36-40-56(74-7)41-37-54)55-38-42-57(75-8)43-39-55/h1,30-32,34-45,47-48,59,61-62,64,71H,49H2,2-10H3/t59-,61?,62+,64-/m1/s1. The van der Waals surface area contributed by atoms with Crippen LogP contribution in [0.5, 0.6) is 17.2 Å². The van der Waals surface area contributed by atoms with Gasteiger partial charge in [0.25, 0.3) is 11.5 Å². The van der Waals surface area contributed by atoms with E-state index in [1.54, 1.807) is 28.1 Å². The van der Waals surface area contributed by atoms with Crippen LogP contribution >= 0.6 is 0 Å². The van der Waals surface area contributed by atoms with Gasteiger partial charge in [0.1, 0.15) is 47.3 Å². The zero-order valence-electron chi connectivity index (χ0n) is 45.4. The summed E-state index contributed by atoms with van der Waals surface area (Å²) in [7, 11) is 0.432. The lowest BCUT2D eigenvalue weighted by Crippen LogP contribution is -2.51. The van der Waals surface area contributed by atoms with Crippen molar-refractivity contribution in [3.8, 4) is 148 Å². The number of hydrogen-bond donors (Lipinski definition) is 1. The summed E-state index contributed by atoms with van der Waals surface area (Å²) < 4.78 is 39.1. The number of benzene rings is 4. The van der Waals surface area contributed by atoms with Crippen molar-refractivity contribution < 1.29 is 38.0 Å². The van der Waals surface area contributed by atoms with Crippen molar-refractivity contribution in [1.82, 2.24) is 9.13 Å². The number of aromatic nitrogens is 2. The number of aryl methyl sites for hydroxylation is 1. The molecule has 13 heteroatoms. The van der Waals surface area contributed by atoms with Gasteiger partial charge in [-0.15, -0.1) is 6.42 Å². The molecule has 1 N–H and O–H groups in total. The monoisotopic (exact) mass is 1070 g/mol. The lowest BCUT2D eigenvalue weighted by Gasteiger charge is -2.40. The van der Waals surface area contributed by atoms with Crippen LogP contribution in [0.4, 0.5) is 0 Å². The third-order valence-electron chi connectivity index (χ3n) is 13.0. The van der Waals surface area contributed by atoms with Crippen LogP contribution < -0.4 is 25.5 Å². The second-order valence-corrected chi connectivity index (χ2v) is 23.6. The molecular formula is C67H52N2O10Si. The molecule has 4 atom stereocenters. The van der Waals surface area contributed by atoms with Gasteiger partial charge in [0.05, 0.1) is 20.8 Å². The molecule has 5 aromatic rings. The quantitative estimate of drug-likeness (QED) is 0.0747. The van der Waals surface area contributed by atoms with Gasteiger partial charge in [-0.1, -0.05) is 75.4 Å². The van der Waals surface area contributed by atoms with Crippen molar-refractivity contribution in [2.45, 2.75) is 82.9 Å². The Bertz CT molecular complexity index is 3960. The zero-order chi connectivity index (χ0) is 57.7. The highest BCUT2D eigenvalue weighted by molar-refractivity contribution is 6.74. The van der Waals surface area contributed by atoms with Crippen LogP contribution in [0.15, 0.2) is 113 Å². The van der Waals surface area contributed by atoms with Crippen molar-refractivity contribution in [3.05, 3.63) is 157 Å². The molecule has 0 saturated carbocycles. The number of nitrogens with zero attached hydrogens (tertiary/aromatic N) is 2. The molecular weight excluding hydrogens is 1020 g/mol. The van der Waals surface area contributed by atoms with Crippen LogP contribution in [-0.2, 0) is 19.5 Å². The molecule has 1 fully saturated rings. The van der Waals surface area contributed by atoms with Gasteiger partial charge in [-0.3, -0.25) is 14.2 Å². The van der Waals surface area contributed by atoms with Gasteiger partial charge >= 0.3 is 5.69 Å². The van der Waals surface area contributed by atoms with E-state index in [9.17, 15) is 19.5 Å². The van der Waals surface area contributed by atoms with Crippen LogP contribution in [-0.4, -0.2) is 67.6 Å². The Morgan fingerprint density at radius 2 is 1.15 bits per heavy atom. The topological polar surface area (TPSA) is 137 Å². The van der Waals surface area contributed by atoms with Crippen molar-refractivity contribution in [2.24, 2.45) is 0 Å². The van der Waals surface area contributed by atoms with Gasteiger partial charge in [-0.05, 0) is 144 Å². The van der Waals surface area contributed by atoms with Crippen LogP contribution in [0.1, 0.15) is 65.2 Å². The molecule has 0 aliphatic carbocycles. The second kappa shape index (κ2) is 27.8. The fourth-order valence-corrected chi connectivity index (χ4v) is 9.03. The SMILES string of the molecule is C#CC#CC#CC#CC#CC#CC#CC#CC#CC#CC#COc1cc(C(=O)n2c(=O)ccn([C@@H]3O[C@H](COC(c4ccccc4)(c4ccc(OC)cc4)c4ccc(OC)cc4)C(O)[C@@H]3O[Si](C)(C)C(C)(C)C)c2=O)cc(C)c1C. The number of aliphatic hydroxyl groups is 1. The minimum atomic E-state index is -2.75. The molecule has 1 saturated heterocycles. The fraction of sp³-hybridized carbons (Fsp3) is 0.239. The van der Waals surface area contributed by atoms with Crippen LogP contribution in [0, 0.1) is 145 Å². The van der Waals surface area contributed by atoms with Crippen molar-refractivity contribution in [3.63, 3.8) is 0 Å². The van der Waals surface area contributed by atoms with E-state index in [4.69, 9.17) is 34.5 Å². The molecule has 0 bridgehead atoms. The fourth-order valence-electron chi connectivity index (χ4n) is 7.74. The molecule has 0 radical (unpaired) electrons. The van der Waals surface area contributed by atoms with Gasteiger partial charge in [0.2, 0.25) is 0 Å². The summed E-state index contributed by atoms with van der Waals surface area (Å²) in [6.07, 6.45) is 3.76. The molecule has 0 amide bonds. The Kier molecular flexibility index (Phi) is 20.5. The number of carbonyl (C=O) groups excluding carboxylic acids is 1. The number of aliphatic hydroxyl groups excluding tert-OH is 1. The summed E-state index contributed by atoms with van der Waals surface area (Å²) in [5.74, 6) is 50.0. The van der Waals surface area contributed by atoms with Gasteiger partial charge in [-0.25, -0.2) is 4.79 Å². The maximum absolute atomic E-state index is 14.7. The lowest BCUT2D eigenvalue weighted by atomic mass is 9.80. The van der Waals surface area contributed by atoms with Crippen LogP contribution in [0.3, 0.4) is 0 Å². The first-order valence-corrected chi connectivity index (χ1v) is 27.5. The van der Waals surface area contributed by atoms with Gasteiger partial charge < -0.3 is 33.2 Å². The van der Waals surface area contributed by atoms with Crippen LogP contribution in [0.25, 0.3) is 0 Å². The third-order valence-corrected chi connectivity index (χ3v) is 17.4. The average molecular weight is 1070 g/mol. The summed E-state index contributed by atoms with van der Waals surface area (Å²) in [4.78, 5) is 42.8. The molecule has 1 aliphatic rings. The molecule has 2 heterocycles. The van der Waals surface area contributed by atoms with E-state index in [0.717, 1.165) is 27.3 Å². The summed E-state index contributed by atoms with van der Waals surface area (Å²) in [5.41, 5.74) is 0.257. The van der Waals surface area contributed by atoms with Crippen molar-refractivity contribution >= 4 is 14.2 Å². The lowest BCUT2D eigenvalue weighted by molar-refractivity contribution is -0.0958. The minimum absolute atomic E-state index is 0.0410. The Morgan fingerprint density at radius 1 is 0.675 bits per heavy atom. The molecule has 1 aliphatic heterocycles. The molecule has 0 spiro atoms. The first-order chi connectivity index (χ1) is 38.5. The largest absolute Gasteiger partial charge is 0.497 e. The Hall–Kier alpha value is -10.2. The summed E-state index contributed by atoms with van der Waals surface area (Å²) in [6.45, 7) is 13.4. The predicted octanol–water partition coefficient (Wildman–Crippen LogP) is 6.99. The minimum Gasteiger partial charge on any atom is -0.497 e. The Morgan fingerprint density at radius 3 is 1.62 bits per heavy atom. The molecule has 12 nitrogen and oxygen atoms in total. The zero-order valence-corrected chi connectivity index (χ0v) is 46.4. The molecule has 6 rings (SSSR count). The van der Waals surface area contributed by atoms with Crippen LogP contribution in [0.2, 0.25) is 18.1 Å². The van der Waals surface area contributed by atoms with Gasteiger partial charge in [0.15, 0.2) is 14.5 Å². The number of ether oxygens (including phenoxy) is 5. The average Bonchev–Trinajstić information content (AvgIpc) is 3.85. The Balaban J connectivity index is 1.27. The highest BCUT2D eigenvalue weighted by Crippen LogP contribution is 2.45. The number of hydrogen-bond acceptors (Lipinski definition) is 10. The highest BCUT2D eigenvalue weighted by Gasteiger charge is 2.52. The maximum Gasteiger partial charge on any atom is 0.340 e. The number of terminal acetylenes is 1. The van der Waals surface area contributed by atoms with Crippen molar-refractivity contribution in [1.29, 1.82) is 0 Å². The summed E-state index contributed by atoms with van der Waals surface area (Å²) in [6, 6.07) is 28.6. The first kappa shape index (κ1) is 59.1. The first-order valence-electron chi connectivity index (χ1n) is 24.6. The molecule has 80 heavy (non-hydrogen) atoms. The van der Waals surface area contributed by atoms with E-state index in [1.165, 1.54) is 18.3 Å². The van der Waals surface area contributed by atoms with Gasteiger partial charge in [0, 0.05) is 88.9 Å². The summed E-state index contributed by atoms with van der Waals surface area (Å²) >= 11 is 0. The Labute approximate surface area is 468 Å². The molecule has 4 aromatic carbocycles. The van der Waals surface area contributed by atoms with E-state index in [1.807, 2.05) is 113 Å². The number of rotatable bonds is 13. The number of methoxy groups -OCH3 is 2. The molecule has 1 unspecified atom stereocenters. The highest BCUT2D eigenvalue weighted by atomic mass is 28.4. The predicted molar refractivity (Wildman–Crippen MR) is 308 cm³/mol. The van der Waals surface area contributed by atoms with E-state index in [-0.39, 0.29) is 23.0 Å². The maximum atomic E-state index is 14.7.